The summed E-state index contributed by atoms with van der Waals surface area (Å²) in [7, 11) is -3.55. The highest BCUT2D eigenvalue weighted by molar-refractivity contribution is 7.89. The Bertz CT molecular complexity index is 955. The van der Waals surface area contributed by atoms with Crippen LogP contribution in [0.2, 0.25) is 0 Å². The van der Waals surface area contributed by atoms with Gasteiger partial charge in [-0.1, -0.05) is 17.7 Å². The first-order chi connectivity index (χ1) is 12.9. The second-order valence-electron chi connectivity index (χ2n) is 7.10. The lowest BCUT2D eigenvalue weighted by molar-refractivity contribution is 0.122. The molecule has 2 aliphatic heterocycles. The highest BCUT2D eigenvalue weighted by Gasteiger charge is 2.31. The number of rotatable bonds is 3. The fourth-order valence-electron chi connectivity index (χ4n) is 3.62. The number of hydrogen-bond acceptors (Lipinski definition) is 6. The third-order valence-electron chi connectivity index (χ3n) is 5.14. The van der Waals surface area contributed by atoms with Gasteiger partial charge in [0.05, 0.1) is 30.3 Å². The minimum Gasteiger partial charge on any atom is -0.378 e. The minimum absolute atomic E-state index is 0.283. The molecule has 7 nitrogen and oxygen atoms in total. The van der Waals surface area contributed by atoms with Gasteiger partial charge in [-0.15, -0.1) is 0 Å². The van der Waals surface area contributed by atoms with Crippen molar-refractivity contribution < 1.29 is 13.2 Å². The second kappa shape index (κ2) is 7.18. The van der Waals surface area contributed by atoms with E-state index in [0.29, 0.717) is 37.0 Å². The van der Waals surface area contributed by atoms with E-state index in [0.717, 1.165) is 35.5 Å². The van der Waals surface area contributed by atoms with Crippen LogP contribution in [0.15, 0.2) is 29.3 Å². The predicted molar refractivity (Wildman–Crippen MR) is 102 cm³/mol. The monoisotopic (exact) mass is 388 g/mol. The van der Waals surface area contributed by atoms with Crippen molar-refractivity contribution in [2.75, 3.05) is 37.7 Å². The third kappa shape index (κ3) is 3.56. The molecule has 27 heavy (non-hydrogen) atoms. The van der Waals surface area contributed by atoms with E-state index < -0.39 is 10.0 Å². The first kappa shape index (κ1) is 18.3. The van der Waals surface area contributed by atoms with Crippen LogP contribution in [0, 0.1) is 13.8 Å². The number of aryl methyl sites for hydroxylation is 2. The summed E-state index contributed by atoms with van der Waals surface area (Å²) >= 11 is 0. The van der Waals surface area contributed by atoms with Crippen molar-refractivity contribution in [3.05, 3.63) is 46.8 Å². The van der Waals surface area contributed by atoms with Gasteiger partial charge < -0.3 is 9.64 Å². The zero-order valence-corrected chi connectivity index (χ0v) is 16.5. The average molecular weight is 388 g/mol. The SMILES string of the molecule is Cc1ccc(S(=O)(=O)N2CCc3cnc(N4CCOCC4)nc3C2)c(C)c1. The number of benzene rings is 1. The summed E-state index contributed by atoms with van der Waals surface area (Å²) in [5.74, 6) is 0.655. The molecule has 0 unspecified atom stereocenters. The Hall–Kier alpha value is -2.03. The van der Waals surface area contributed by atoms with Gasteiger partial charge >= 0.3 is 0 Å². The normalized spacial score (nSPS) is 18.4. The van der Waals surface area contributed by atoms with E-state index in [1.807, 2.05) is 32.2 Å². The van der Waals surface area contributed by atoms with Gasteiger partial charge in [0.15, 0.2) is 0 Å². The molecule has 2 aromatic rings. The molecule has 3 heterocycles. The van der Waals surface area contributed by atoms with Gasteiger partial charge in [-0.2, -0.15) is 4.31 Å². The van der Waals surface area contributed by atoms with Crippen molar-refractivity contribution >= 4 is 16.0 Å². The smallest absolute Gasteiger partial charge is 0.243 e. The van der Waals surface area contributed by atoms with Crippen molar-refractivity contribution in [3.8, 4) is 0 Å². The largest absolute Gasteiger partial charge is 0.378 e. The van der Waals surface area contributed by atoms with E-state index in [-0.39, 0.29) is 6.54 Å². The van der Waals surface area contributed by atoms with Crippen LogP contribution < -0.4 is 4.90 Å². The number of anilines is 1. The fraction of sp³-hybridized carbons (Fsp3) is 0.474. The van der Waals surface area contributed by atoms with Gasteiger partial charge in [-0.25, -0.2) is 18.4 Å². The quantitative estimate of drug-likeness (QED) is 0.796. The summed E-state index contributed by atoms with van der Waals surface area (Å²) in [5, 5.41) is 0. The maximum Gasteiger partial charge on any atom is 0.243 e. The Morgan fingerprint density at radius 2 is 1.89 bits per heavy atom. The van der Waals surface area contributed by atoms with E-state index in [2.05, 4.69) is 14.9 Å². The topological polar surface area (TPSA) is 75.6 Å². The van der Waals surface area contributed by atoms with E-state index >= 15 is 0 Å². The summed E-state index contributed by atoms with van der Waals surface area (Å²) in [6.07, 6.45) is 2.47. The van der Waals surface area contributed by atoms with E-state index in [1.165, 1.54) is 4.31 Å². The Morgan fingerprint density at radius 1 is 1.11 bits per heavy atom. The minimum atomic E-state index is -3.55. The molecule has 0 radical (unpaired) electrons. The zero-order chi connectivity index (χ0) is 19.0. The lowest BCUT2D eigenvalue weighted by Gasteiger charge is -2.30. The summed E-state index contributed by atoms with van der Waals surface area (Å²) in [5.41, 5.74) is 3.65. The van der Waals surface area contributed by atoms with Crippen LogP contribution in [-0.2, 0) is 27.7 Å². The van der Waals surface area contributed by atoms with Crippen molar-refractivity contribution in [3.63, 3.8) is 0 Å². The highest BCUT2D eigenvalue weighted by atomic mass is 32.2. The number of hydrogen-bond donors (Lipinski definition) is 0. The molecule has 0 atom stereocenters. The molecular weight excluding hydrogens is 364 g/mol. The molecule has 0 bridgehead atoms. The molecule has 0 spiro atoms. The molecule has 1 fully saturated rings. The first-order valence-electron chi connectivity index (χ1n) is 9.20. The molecule has 0 aliphatic carbocycles. The van der Waals surface area contributed by atoms with Gasteiger partial charge in [-0.3, -0.25) is 0 Å². The molecule has 4 rings (SSSR count). The number of morpholine rings is 1. The highest BCUT2D eigenvalue weighted by Crippen LogP contribution is 2.27. The number of fused-ring (bicyclic) bond motifs is 1. The molecule has 1 aromatic carbocycles. The van der Waals surface area contributed by atoms with Crippen LogP contribution in [0.4, 0.5) is 5.95 Å². The standard InChI is InChI=1S/C19H24N4O3S/c1-14-3-4-18(15(2)11-14)27(24,25)23-6-5-16-12-20-19(21-17(16)13-23)22-7-9-26-10-8-22/h3-4,11-12H,5-10,13H2,1-2H3. The van der Waals surface area contributed by atoms with Crippen LogP contribution in [0.5, 0.6) is 0 Å². The average Bonchev–Trinajstić information content (AvgIpc) is 2.67. The lowest BCUT2D eigenvalue weighted by Crippen LogP contribution is -2.39. The number of sulfonamides is 1. The maximum absolute atomic E-state index is 13.2. The zero-order valence-electron chi connectivity index (χ0n) is 15.7. The molecule has 8 heteroatoms. The van der Waals surface area contributed by atoms with Crippen LogP contribution in [-0.4, -0.2) is 55.5 Å². The van der Waals surface area contributed by atoms with Gasteiger partial charge in [0.2, 0.25) is 16.0 Å². The van der Waals surface area contributed by atoms with Gasteiger partial charge in [0.25, 0.3) is 0 Å². The molecule has 0 N–H and O–H groups in total. The molecule has 2 aliphatic rings. The Morgan fingerprint density at radius 3 is 2.63 bits per heavy atom. The summed E-state index contributed by atoms with van der Waals surface area (Å²) in [6, 6.07) is 5.45. The van der Waals surface area contributed by atoms with Crippen molar-refractivity contribution in [1.29, 1.82) is 0 Å². The van der Waals surface area contributed by atoms with Gasteiger partial charge in [0, 0.05) is 25.8 Å². The van der Waals surface area contributed by atoms with Crippen molar-refractivity contribution in [2.24, 2.45) is 0 Å². The summed E-state index contributed by atoms with van der Waals surface area (Å²) < 4.78 is 33.3. The van der Waals surface area contributed by atoms with Gasteiger partial charge in [-0.05, 0) is 37.5 Å². The maximum atomic E-state index is 13.2. The summed E-state index contributed by atoms with van der Waals surface area (Å²) in [6.45, 7) is 7.36. The van der Waals surface area contributed by atoms with Crippen LogP contribution >= 0.6 is 0 Å². The third-order valence-corrected chi connectivity index (χ3v) is 7.15. The molecule has 0 amide bonds. The Labute approximate surface area is 160 Å². The number of ether oxygens (including phenoxy) is 1. The molecule has 144 valence electrons. The predicted octanol–water partition coefficient (Wildman–Crippen LogP) is 1.68. The fourth-order valence-corrected chi connectivity index (χ4v) is 5.23. The molecule has 1 saturated heterocycles. The first-order valence-corrected chi connectivity index (χ1v) is 10.6. The van der Waals surface area contributed by atoms with Crippen LogP contribution in [0.3, 0.4) is 0 Å². The number of nitrogens with zero attached hydrogens (tertiary/aromatic N) is 4. The Balaban J connectivity index is 1.61. The molecular formula is C19H24N4O3S. The van der Waals surface area contributed by atoms with E-state index in [4.69, 9.17) is 4.74 Å². The molecule has 1 aromatic heterocycles. The molecule has 0 saturated carbocycles. The van der Waals surface area contributed by atoms with Crippen LogP contribution in [0.25, 0.3) is 0 Å². The summed E-state index contributed by atoms with van der Waals surface area (Å²) in [4.78, 5) is 11.6. The van der Waals surface area contributed by atoms with E-state index in [9.17, 15) is 8.42 Å². The lowest BCUT2D eigenvalue weighted by atomic mass is 10.1. The van der Waals surface area contributed by atoms with Crippen molar-refractivity contribution in [1.82, 2.24) is 14.3 Å². The van der Waals surface area contributed by atoms with Crippen molar-refractivity contribution in [2.45, 2.75) is 31.7 Å². The van der Waals surface area contributed by atoms with Crippen LogP contribution in [0.1, 0.15) is 22.4 Å². The van der Waals surface area contributed by atoms with Gasteiger partial charge in [0.1, 0.15) is 0 Å². The second-order valence-corrected chi connectivity index (χ2v) is 9.01. The van der Waals surface area contributed by atoms with E-state index in [1.54, 1.807) is 6.07 Å². The number of aromatic nitrogens is 2. The Kier molecular flexibility index (Phi) is 4.88.